The number of aromatic nitrogens is 2. The van der Waals surface area contributed by atoms with Crippen LogP contribution in [0.2, 0.25) is 10.0 Å². The number of hydrogen-bond acceptors (Lipinski definition) is 7. The van der Waals surface area contributed by atoms with Crippen LogP contribution in [0.25, 0.3) is 22.3 Å². The maximum absolute atomic E-state index is 13.9. The number of hydrogen-bond donors (Lipinski definition) is 1. The predicted molar refractivity (Wildman–Crippen MR) is 188 cm³/mol. The lowest BCUT2D eigenvalue weighted by atomic mass is 9.96. The molecular formula is C36H34Cl2N4O5. The van der Waals surface area contributed by atoms with Crippen molar-refractivity contribution >= 4 is 51.9 Å². The number of para-hydroxylation sites is 1. The van der Waals surface area contributed by atoms with Crippen LogP contribution in [0.5, 0.6) is 17.2 Å². The SMILES string of the molecule is CCOc1cc(C=Nn2c(-c3cc(C(C)C)c(OC)cc3C)nc3ccccc3c2=O)cc(Cl)c1OCC(=O)Nc1ccc(Cl)cc1. The van der Waals surface area contributed by atoms with Gasteiger partial charge in [0.2, 0.25) is 0 Å². The normalized spacial score (nSPS) is 11.3. The Hall–Kier alpha value is -4.86. The second-order valence-electron chi connectivity index (χ2n) is 11.0. The Morgan fingerprint density at radius 1 is 1.02 bits per heavy atom. The van der Waals surface area contributed by atoms with Gasteiger partial charge in [0.15, 0.2) is 23.9 Å². The Morgan fingerprint density at radius 2 is 1.77 bits per heavy atom. The van der Waals surface area contributed by atoms with E-state index in [9.17, 15) is 9.59 Å². The Labute approximate surface area is 282 Å². The molecule has 1 aromatic heterocycles. The van der Waals surface area contributed by atoms with Gasteiger partial charge in [-0.25, -0.2) is 4.98 Å². The van der Waals surface area contributed by atoms with Crippen LogP contribution in [-0.2, 0) is 4.79 Å². The van der Waals surface area contributed by atoms with E-state index >= 15 is 0 Å². The van der Waals surface area contributed by atoms with Gasteiger partial charge in [-0.1, -0.05) is 49.2 Å². The number of ether oxygens (including phenoxy) is 3. The number of carbonyl (C=O) groups is 1. The van der Waals surface area contributed by atoms with E-state index in [0.29, 0.717) is 45.4 Å². The summed E-state index contributed by atoms with van der Waals surface area (Å²) in [4.78, 5) is 31.3. The van der Waals surface area contributed by atoms with Crippen LogP contribution in [0.4, 0.5) is 5.69 Å². The molecule has 1 N–H and O–H groups in total. The first-order valence-corrected chi connectivity index (χ1v) is 15.7. The predicted octanol–water partition coefficient (Wildman–Crippen LogP) is 8.11. The lowest BCUT2D eigenvalue weighted by Crippen LogP contribution is -2.21. The topological polar surface area (TPSA) is 104 Å². The second kappa shape index (κ2) is 14.7. The number of fused-ring (bicyclic) bond motifs is 1. The van der Waals surface area contributed by atoms with E-state index in [2.05, 4.69) is 24.3 Å². The standard InChI is InChI=1S/C36H34Cl2N4O5/c1-6-46-32-17-23(16-29(38)34(32)47-20-33(43)40-25-13-11-24(37)12-14-25)19-39-42-35(41-30-10-8-7-9-26(30)36(42)44)28-18-27(21(2)3)31(45-5)15-22(28)4/h7-19,21H,6,20H2,1-5H3,(H,40,43). The van der Waals surface area contributed by atoms with Crippen LogP contribution in [0, 0.1) is 6.92 Å². The fourth-order valence-electron chi connectivity index (χ4n) is 5.03. The van der Waals surface area contributed by atoms with E-state index in [-0.39, 0.29) is 34.8 Å². The third-order valence-corrected chi connectivity index (χ3v) is 7.86. The highest BCUT2D eigenvalue weighted by Gasteiger charge is 2.19. The summed E-state index contributed by atoms with van der Waals surface area (Å²) in [5, 5.41) is 8.55. The summed E-state index contributed by atoms with van der Waals surface area (Å²) in [7, 11) is 1.64. The summed E-state index contributed by atoms with van der Waals surface area (Å²) in [6.07, 6.45) is 1.51. The minimum absolute atomic E-state index is 0.164. The van der Waals surface area contributed by atoms with Crippen molar-refractivity contribution in [2.24, 2.45) is 5.10 Å². The molecule has 0 fully saturated rings. The molecule has 9 nitrogen and oxygen atoms in total. The van der Waals surface area contributed by atoms with Crippen LogP contribution in [0.1, 0.15) is 43.4 Å². The molecule has 0 aliphatic carbocycles. The molecule has 5 rings (SSSR count). The molecule has 242 valence electrons. The number of nitrogens with one attached hydrogen (secondary N) is 1. The van der Waals surface area contributed by atoms with Crippen molar-refractivity contribution in [1.82, 2.24) is 9.66 Å². The zero-order valence-electron chi connectivity index (χ0n) is 26.6. The summed E-state index contributed by atoms with van der Waals surface area (Å²) in [5.41, 5.74) is 3.96. The molecule has 4 aromatic carbocycles. The average molecular weight is 674 g/mol. The van der Waals surface area contributed by atoms with Gasteiger partial charge in [0.05, 0.1) is 35.9 Å². The van der Waals surface area contributed by atoms with Gasteiger partial charge in [-0.05, 0) is 97.1 Å². The summed E-state index contributed by atoms with van der Waals surface area (Å²) < 4.78 is 18.5. The van der Waals surface area contributed by atoms with E-state index in [1.807, 2.05) is 32.0 Å². The van der Waals surface area contributed by atoms with Crippen molar-refractivity contribution in [1.29, 1.82) is 0 Å². The number of nitrogens with zero attached hydrogens (tertiary/aromatic N) is 3. The van der Waals surface area contributed by atoms with E-state index < -0.39 is 0 Å². The molecule has 0 radical (unpaired) electrons. The van der Waals surface area contributed by atoms with Crippen molar-refractivity contribution in [2.75, 3.05) is 25.6 Å². The highest BCUT2D eigenvalue weighted by atomic mass is 35.5. The Kier molecular flexibility index (Phi) is 10.5. The fraction of sp³-hybridized carbons (Fsp3) is 0.222. The minimum Gasteiger partial charge on any atom is -0.496 e. The molecule has 0 saturated heterocycles. The third-order valence-electron chi connectivity index (χ3n) is 7.32. The van der Waals surface area contributed by atoms with Gasteiger partial charge in [0, 0.05) is 16.3 Å². The first-order valence-electron chi connectivity index (χ1n) is 15.0. The van der Waals surface area contributed by atoms with Crippen LogP contribution in [0.15, 0.2) is 82.7 Å². The van der Waals surface area contributed by atoms with Crippen molar-refractivity contribution in [3.8, 4) is 28.6 Å². The largest absolute Gasteiger partial charge is 0.496 e. The van der Waals surface area contributed by atoms with Crippen LogP contribution < -0.4 is 25.1 Å². The van der Waals surface area contributed by atoms with Gasteiger partial charge in [-0.3, -0.25) is 9.59 Å². The van der Waals surface area contributed by atoms with Crippen LogP contribution >= 0.6 is 23.2 Å². The highest BCUT2D eigenvalue weighted by Crippen LogP contribution is 2.37. The van der Waals surface area contributed by atoms with Crippen LogP contribution in [0.3, 0.4) is 0 Å². The number of amides is 1. The molecule has 0 atom stereocenters. The highest BCUT2D eigenvalue weighted by molar-refractivity contribution is 6.32. The molecule has 0 unspecified atom stereocenters. The molecule has 0 aliphatic rings. The van der Waals surface area contributed by atoms with Gasteiger partial charge < -0.3 is 19.5 Å². The zero-order chi connectivity index (χ0) is 33.7. The number of anilines is 1. The summed E-state index contributed by atoms with van der Waals surface area (Å²) in [6.45, 7) is 7.93. The van der Waals surface area contributed by atoms with Gasteiger partial charge >= 0.3 is 0 Å². The maximum Gasteiger partial charge on any atom is 0.282 e. The van der Waals surface area contributed by atoms with E-state index in [0.717, 1.165) is 22.4 Å². The Morgan fingerprint density at radius 3 is 2.47 bits per heavy atom. The molecule has 1 heterocycles. The molecule has 0 aliphatic heterocycles. The van der Waals surface area contributed by atoms with Gasteiger partial charge in [-0.2, -0.15) is 9.78 Å². The second-order valence-corrected chi connectivity index (χ2v) is 11.8. The summed E-state index contributed by atoms with van der Waals surface area (Å²) in [5.74, 6) is 1.45. The van der Waals surface area contributed by atoms with Gasteiger partial charge in [-0.15, -0.1) is 0 Å². The van der Waals surface area contributed by atoms with Crippen molar-refractivity contribution in [3.05, 3.63) is 110 Å². The van der Waals surface area contributed by atoms with Crippen LogP contribution in [-0.4, -0.2) is 42.1 Å². The zero-order valence-corrected chi connectivity index (χ0v) is 28.1. The molecule has 47 heavy (non-hydrogen) atoms. The number of aryl methyl sites for hydroxylation is 1. The molecular weight excluding hydrogens is 639 g/mol. The quantitative estimate of drug-likeness (QED) is 0.142. The average Bonchev–Trinajstić information content (AvgIpc) is 3.04. The van der Waals surface area contributed by atoms with Gasteiger partial charge in [0.25, 0.3) is 11.5 Å². The maximum atomic E-state index is 13.9. The summed E-state index contributed by atoms with van der Waals surface area (Å²) >= 11 is 12.6. The van der Waals surface area contributed by atoms with E-state index in [1.165, 1.54) is 10.9 Å². The molecule has 11 heteroatoms. The van der Waals surface area contributed by atoms with Crippen molar-refractivity contribution in [2.45, 2.75) is 33.6 Å². The molecule has 5 aromatic rings. The fourth-order valence-corrected chi connectivity index (χ4v) is 5.43. The molecule has 0 spiro atoms. The third kappa shape index (κ3) is 7.59. The number of carbonyl (C=O) groups excluding carboxylic acids is 1. The molecule has 0 bridgehead atoms. The number of halogens is 2. The van der Waals surface area contributed by atoms with Crippen molar-refractivity contribution in [3.63, 3.8) is 0 Å². The lowest BCUT2D eigenvalue weighted by molar-refractivity contribution is -0.118. The smallest absolute Gasteiger partial charge is 0.282 e. The lowest BCUT2D eigenvalue weighted by Gasteiger charge is -2.17. The summed E-state index contributed by atoms with van der Waals surface area (Å²) in [6, 6.07) is 21.1. The Bertz CT molecular complexity index is 2020. The van der Waals surface area contributed by atoms with Crippen molar-refractivity contribution < 1.29 is 19.0 Å². The number of benzene rings is 4. The minimum atomic E-state index is -0.387. The van der Waals surface area contributed by atoms with Gasteiger partial charge in [0.1, 0.15) is 5.75 Å². The molecule has 1 amide bonds. The number of rotatable bonds is 11. The monoisotopic (exact) mass is 672 g/mol. The first-order chi connectivity index (χ1) is 22.6. The van der Waals surface area contributed by atoms with E-state index in [4.69, 9.17) is 42.4 Å². The number of methoxy groups -OCH3 is 1. The Balaban J connectivity index is 1.51. The first kappa shape index (κ1) is 33.5. The van der Waals surface area contributed by atoms with E-state index in [1.54, 1.807) is 61.7 Å². The molecule has 0 saturated carbocycles.